The van der Waals surface area contributed by atoms with E-state index in [2.05, 4.69) is 26.2 Å². The molecule has 0 aliphatic carbocycles. The van der Waals surface area contributed by atoms with Crippen LogP contribution in [0.1, 0.15) is 97.3 Å². The van der Waals surface area contributed by atoms with Gasteiger partial charge in [0.2, 0.25) is 0 Å². The summed E-state index contributed by atoms with van der Waals surface area (Å²) in [4.78, 5) is 0. The maximum Gasteiger partial charge on any atom is -0.00493 e. The van der Waals surface area contributed by atoms with Crippen molar-refractivity contribution in [1.29, 1.82) is 0 Å². The number of rotatable bonds is 15. The van der Waals surface area contributed by atoms with Crippen LogP contribution in [0.25, 0.3) is 0 Å². The Hall–Kier alpha value is -0.0400. The van der Waals surface area contributed by atoms with Gasteiger partial charge in [-0.3, -0.25) is 0 Å². The molecule has 1 nitrogen and oxygen atoms in total. The van der Waals surface area contributed by atoms with Crippen molar-refractivity contribution in [3.8, 4) is 0 Å². The van der Waals surface area contributed by atoms with Crippen LogP contribution in [0, 0.1) is 5.92 Å². The summed E-state index contributed by atoms with van der Waals surface area (Å²) < 4.78 is 0. The van der Waals surface area contributed by atoms with E-state index in [1.807, 2.05) is 0 Å². The molecule has 1 heteroatoms. The molecule has 0 bridgehead atoms. The highest BCUT2D eigenvalue weighted by Gasteiger charge is 2.07. The molecule has 0 atom stereocenters. The zero-order valence-electron chi connectivity index (χ0n) is 14.0. The van der Waals surface area contributed by atoms with Gasteiger partial charge in [-0.1, -0.05) is 90.9 Å². The van der Waals surface area contributed by atoms with Crippen LogP contribution in [-0.2, 0) is 0 Å². The monoisotopic (exact) mass is 269 g/mol. The summed E-state index contributed by atoms with van der Waals surface area (Å²) >= 11 is 0. The lowest BCUT2D eigenvalue weighted by Gasteiger charge is -2.16. The topological polar surface area (TPSA) is 12.0 Å². The first-order chi connectivity index (χ1) is 9.35. The van der Waals surface area contributed by atoms with Crippen LogP contribution in [0.15, 0.2) is 0 Å². The van der Waals surface area contributed by atoms with Crippen molar-refractivity contribution in [1.82, 2.24) is 5.32 Å². The van der Waals surface area contributed by atoms with Crippen LogP contribution >= 0.6 is 0 Å². The Labute approximate surface area is 122 Å². The Morgan fingerprint density at radius 2 is 1.11 bits per heavy atom. The SMILES string of the molecule is CCCCCCCC(CCCCCCC)CCNC. The molecule has 0 aliphatic rings. The van der Waals surface area contributed by atoms with Crippen molar-refractivity contribution in [3.05, 3.63) is 0 Å². The summed E-state index contributed by atoms with van der Waals surface area (Å²) in [6.07, 6.45) is 18.7. The lowest BCUT2D eigenvalue weighted by Crippen LogP contribution is -2.13. The third kappa shape index (κ3) is 14.2. The van der Waals surface area contributed by atoms with Gasteiger partial charge in [-0.15, -0.1) is 0 Å². The highest BCUT2D eigenvalue weighted by molar-refractivity contribution is 4.62. The second kappa shape index (κ2) is 16.0. The average molecular weight is 270 g/mol. The van der Waals surface area contributed by atoms with Gasteiger partial charge < -0.3 is 5.32 Å². The van der Waals surface area contributed by atoms with E-state index in [1.165, 1.54) is 90.0 Å². The molecule has 19 heavy (non-hydrogen) atoms. The molecule has 0 aromatic heterocycles. The van der Waals surface area contributed by atoms with E-state index in [9.17, 15) is 0 Å². The standard InChI is InChI=1S/C18H39N/c1-4-6-8-10-12-14-18(16-17-19-3)15-13-11-9-7-5-2/h18-19H,4-17H2,1-3H3. The van der Waals surface area contributed by atoms with Gasteiger partial charge in [-0.25, -0.2) is 0 Å². The molecular formula is C18H39N. The van der Waals surface area contributed by atoms with Crippen LogP contribution in [0.4, 0.5) is 0 Å². The summed E-state index contributed by atoms with van der Waals surface area (Å²) in [6, 6.07) is 0. The summed E-state index contributed by atoms with van der Waals surface area (Å²) in [6.45, 7) is 5.80. The molecule has 0 amide bonds. The van der Waals surface area contributed by atoms with Gasteiger partial charge in [0.1, 0.15) is 0 Å². The molecule has 0 rings (SSSR count). The first kappa shape index (κ1) is 19.0. The van der Waals surface area contributed by atoms with Crippen molar-refractivity contribution in [2.75, 3.05) is 13.6 Å². The molecule has 0 saturated heterocycles. The molecule has 1 N–H and O–H groups in total. The summed E-state index contributed by atoms with van der Waals surface area (Å²) in [5.74, 6) is 0.982. The second-order valence-corrected chi connectivity index (χ2v) is 6.16. The Morgan fingerprint density at radius 1 is 0.632 bits per heavy atom. The number of hydrogen-bond acceptors (Lipinski definition) is 1. The normalized spacial score (nSPS) is 11.4. The molecule has 0 heterocycles. The fourth-order valence-corrected chi connectivity index (χ4v) is 2.85. The van der Waals surface area contributed by atoms with Crippen molar-refractivity contribution >= 4 is 0 Å². The first-order valence-corrected chi connectivity index (χ1v) is 8.99. The van der Waals surface area contributed by atoms with Gasteiger partial charge in [-0.05, 0) is 25.9 Å². The van der Waals surface area contributed by atoms with E-state index in [0.29, 0.717) is 0 Å². The third-order valence-electron chi connectivity index (χ3n) is 4.23. The van der Waals surface area contributed by atoms with Crippen LogP contribution in [0.3, 0.4) is 0 Å². The van der Waals surface area contributed by atoms with Gasteiger partial charge in [-0.2, -0.15) is 0 Å². The van der Waals surface area contributed by atoms with Crippen LogP contribution in [0.5, 0.6) is 0 Å². The largest absolute Gasteiger partial charge is 0.320 e. The molecule has 116 valence electrons. The van der Waals surface area contributed by atoms with Gasteiger partial charge in [0.15, 0.2) is 0 Å². The maximum absolute atomic E-state index is 3.32. The van der Waals surface area contributed by atoms with Gasteiger partial charge in [0, 0.05) is 0 Å². The zero-order chi connectivity index (χ0) is 14.2. The van der Waals surface area contributed by atoms with Crippen LogP contribution in [0.2, 0.25) is 0 Å². The first-order valence-electron chi connectivity index (χ1n) is 8.99. The van der Waals surface area contributed by atoms with E-state index in [0.717, 1.165) is 5.92 Å². The molecule has 0 fully saturated rings. The fraction of sp³-hybridized carbons (Fsp3) is 1.00. The van der Waals surface area contributed by atoms with Crippen LogP contribution < -0.4 is 5.32 Å². The number of unbranched alkanes of at least 4 members (excludes halogenated alkanes) is 8. The predicted molar refractivity (Wildman–Crippen MR) is 88.8 cm³/mol. The Bertz CT molecular complexity index is 142. The maximum atomic E-state index is 3.32. The molecule has 0 unspecified atom stereocenters. The Balaban J connectivity index is 3.57. The molecule has 0 radical (unpaired) electrons. The summed E-state index contributed by atoms with van der Waals surface area (Å²) in [5.41, 5.74) is 0. The van der Waals surface area contributed by atoms with Crippen molar-refractivity contribution < 1.29 is 0 Å². The van der Waals surface area contributed by atoms with E-state index in [4.69, 9.17) is 0 Å². The fourth-order valence-electron chi connectivity index (χ4n) is 2.85. The molecule has 0 spiro atoms. The van der Waals surface area contributed by atoms with Crippen LogP contribution in [-0.4, -0.2) is 13.6 Å². The van der Waals surface area contributed by atoms with Crippen molar-refractivity contribution in [2.45, 2.75) is 97.3 Å². The summed E-state index contributed by atoms with van der Waals surface area (Å²) in [5, 5.41) is 3.32. The average Bonchev–Trinajstić information content (AvgIpc) is 2.43. The lowest BCUT2D eigenvalue weighted by atomic mass is 9.91. The van der Waals surface area contributed by atoms with Gasteiger partial charge in [0.25, 0.3) is 0 Å². The van der Waals surface area contributed by atoms with Crippen molar-refractivity contribution in [3.63, 3.8) is 0 Å². The third-order valence-corrected chi connectivity index (χ3v) is 4.23. The molecule has 0 saturated carbocycles. The molecule has 0 aromatic rings. The second-order valence-electron chi connectivity index (χ2n) is 6.16. The molecule has 0 aromatic carbocycles. The molecule has 0 aliphatic heterocycles. The van der Waals surface area contributed by atoms with Gasteiger partial charge in [0.05, 0.1) is 0 Å². The van der Waals surface area contributed by atoms with Gasteiger partial charge >= 0.3 is 0 Å². The Morgan fingerprint density at radius 3 is 1.53 bits per heavy atom. The number of hydrogen-bond donors (Lipinski definition) is 1. The minimum absolute atomic E-state index is 0.982. The smallest absolute Gasteiger partial charge is 0.00493 e. The minimum Gasteiger partial charge on any atom is -0.320 e. The van der Waals surface area contributed by atoms with E-state index in [1.54, 1.807) is 0 Å². The highest BCUT2D eigenvalue weighted by atomic mass is 14.8. The summed E-state index contributed by atoms with van der Waals surface area (Å²) in [7, 11) is 2.08. The number of nitrogens with one attached hydrogen (secondary N) is 1. The quantitative estimate of drug-likeness (QED) is 0.363. The van der Waals surface area contributed by atoms with E-state index < -0.39 is 0 Å². The predicted octanol–water partition coefficient (Wildman–Crippen LogP) is 5.93. The van der Waals surface area contributed by atoms with E-state index in [-0.39, 0.29) is 0 Å². The lowest BCUT2D eigenvalue weighted by molar-refractivity contribution is 0.378. The Kier molecular flexibility index (Phi) is 16.0. The zero-order valence-corrected chi connectivity index (χ0v) is 14.0. The van der Waals surface area contributed by atoms with Crippen molar-refractivity contribution in [2.24, 2.45) is 5.92 Å². The molecular weight excluding hydrogens is 230 g/mol. The van der Waals surface area contributed by atoms with E-state index >= 15 is 0 Å². The minimum atomic E-state index is 0.982. The highest BCUT2D eigenvalue weighted by Crippen LogP contribution is 2.21.